The van der Waals surface area contributed by atoms with Gasteiger partial charge in [-0.15, -0.1) is 0 Å². The molecule has 2 heterocycles. The van der Waals surface area contributed by atoms with Crippen LogP contribution < -0.4 is 5.43 Å². The summed E-state index contributed by atoms with van der Waals surface area (Å²) >= 11 is 6.58. The van der Waals surface area contributed by atoms with Crippen molar-refractivity contribution in [1.82, 2.24) is 4.57 Å². The molecule has 1 N–H and O–H groups in total. The molecule has 2 atom stereocenters. The number of aromatic carboxylic acids is 1. The summed E-state index contributed by atoms with van der Waals surface area (Å²) in [5.74, 6) is -0.929. The number of carbonyl (C=O) groups is 1. The van der Waals surface area contributed by atoms with Crippen LogP contribution in [0.5, 0.6) is 0 Å². The van der Waals surface area contributed by atoms with Crippen molar-refractivity contribution in [2.24, 2.45) is 0 Å². The average Bonchev–Trinajstić information content (AvgIpc) is 2.97. The first-order valence-electron chi connectivity index (χ1n) is 10.4. The number of hydrogen-bond donors (Lipinski definition) is 1. The van der Waals surface area contributed by atoms with Crippen LogP contribution in [0.4, 0.5) is 0 Å². The minimum Gasteiger partial charge on any atom is -0.477 e. The molecule has 1 aliphatic heterocycles. The molecule has 0 radical (unpaired) electrons. The lowest BCUT2D eigenvalue weighted by Gasteiger charge is -2.37. The number of methoxy groups -OCH3 is 1. The summed E-state index contributed by atoms with van der Waals surface area (Å²) in [5, 5.41) is 10.0. The second kappa shape index (κ2) is 8.92. The first-order valence-corrected chi connectivity index (χ1v) is 10.8. The van der Waals surface area contributed by atoms with E-state index in [0.717, 1.165) is 48.9 Å². The van der Waals surface area contributed by atoms with Crippen molar-refractivity contribution in [3.05, 3.63) is 56.3 Å². The van der Waals surface area contributed by atoms with E-state index >= 15 is 0 Å². The lowest BCUT2D eigenvalue weighted by atomic mass is 9.79. The van der Waals surface area contributed by atoms with Gasteiger partial charge in [-0.25, -0.2) is 4.79 Å². The minimum absolute atomic E-state index is 0.136. The zero-order chi connectivity index (χ0) is 21.3. The van der Waals surface area contributed by atoms with Crippen molar-refractivity contribution in [1.29, 1.82) is 0 Å². The Morgan fingerprint density at radius 2 is 2.00 bits per heavy atom. The highest BCUT2D eigenvalue weighted by Crippen LogP contribution is 2.49. The fourth-order valence-corrected chi connectivity index (χ4v) is 5.00. The molecule has 0 unspecified atom stereocenters. The molecule has 4 rings (SSSR count). The van der Waals surface area contributed by atoms with E-state index < -0.39 is 11.4 Å². The minimum atomic E-state index is -1.19. The van der Waals surface area contributed by atoms with Gasteiger partial charge in [0.15, 0.2) is 5.43 Å². The Labute approximate surface area is 180 Å². The molecule has 0 bridgehead atoms. The number of hydrogen-bond acceptors (Lipinski definition) is 4. The number of fused-ring (bicyclic) bond motifs is 6. The molecule has 160 valence electrons. The van der Waals surface area contributed by atoms with Gasteiger partial charge in [-0.3, -0.25) is 4.79 Å². The topological polar surface area (TPSA) is 77.8 Å². The van der Waals surface area contributed by atoms with Gasteiger partial charge in [0.05, 0.1) is 25.5 Å². The quantitative estimate of drug-likeness (QED) is 0.674. The molecule has 1 aromatic heterocycles. The number of rotatable bonds is 6. The number of carboxylic acids is 1. The zero-order valence-corrected chi connectivity index (χ0v) is 17.8. The van der Waals surface area contributed by atoms with E-state index in [4.69, 9.17) is 21.1 Å². The predicted octanol–water partition coefficient (Wildman–Crippen LogP) is 4.63. The second-order valence-electron chi connectivity index (χ2n) is 8.04. The van der Waals surface area contributed by atoms with Gasteiger partial charge in [0.2, 0.25) is 0 Å². The molecule has 0 saturated heterocycles. The number of benzene rings is 1. The Morgan fingerprint density at radius 1 is 1.20 bits per heavy atom. The average molecular weight is 432 g/mol. The van der Waals surface area contributed by atoms with E-state index in [0.29, 0.717) is 24.8 Å². The number of halogens is 1. The molecule has 1 aromatic carbocycles. The van der Waals surface area contributed by atoms with Crippen LogP contribution in [0.2, 0.25) is 5.02 Å². The van der Waals surface area contributed by atoms with E-state index in [1.165, 1.54) is 17.8 Å². The van der Waals surface area contributed by atoms with Crippen LogP contribution in [0.3, 0.4) is 0 Å². The SMILES string of the molecule is COCCOCc1cc2c(cc1Cl)-c1cc(=O)c(C(=O)O)cn1[C@H]1CCCCC[C@@H]21. The van der Waals surface area contributed by atoms with Crippen LogP contribution in [-0.2, 0) is 16.1 Å². The van der Waals surface area contributed by atoms with Gasteiger partial charge in [-0.05, 0) is 30.0 Å². The summed E-state index contributed by atoms with van der Waals surface area (Å²) in [4.78, 5) is 24.0. The number of pyridine rings is 1. The highest BCUT2D eigenvalue weighted by molar-refractivity contribution is 6.31. The predicted molar refractivity (Wildman–Crippen MR) is 115 cm³/mol. The number of aromatic nitrogens is 1. The maximum Gasteiger partial charge on any atom is 0.341 e. The van der Waals surface area contributed by atoms with Gasteiger partial charge in [0.25, 0.3) is 0 Å². The van der Waals surface area contributed by atoms with Gasteiger partial charge in [0, 0.05) is 41.9 Å². The van der Waals surface area contributed by atoms with E-state index in [1.54, 1.807) is 7.11 Å². The fourth-order valence-electron chi connectivity index (χ4n) is 4.79. The van der Waals surface area contributed by atoms with E-state index in [2.05, 4.69) is 6.07 Å². The summed E-state index contributed by atoms with van der Waals surface area (Å²) in [6, 6.07) is 5.61. The lowest BCUT2D eigenvalue weighted by molar-refractivity contribution is 0.0616. The maximum atomic E-state index is 12.5. The zero-order valence-electron chi connectivity index (χ0n) is 17.0. The summed E-state index contributed by atoms with van der Waals surface area (Å²) in [5.41, 5.74) is 3.11. The molecule has 0 amide bonds. The summed E-state index contributed by atoms with van der Waals surface area (Å²) in [7, 11) is 1.64. The molecular weight excluding hydrogens is 406 g/mol. The third-order valence-corrected chi connectivity index (χ3v) is 6.58. The molecule has 0 spiro atoms. The standard InChI is InChI=1S/C23H26ClNO5/c1-29-7-8-30-13-14-9-16-15-5-3-2-4-6-20(15)25-12-18(23(27)28)22(26)11-21(25)17(16)10-19(14)24/h9-12,15,20H,2-8,13H2,1H3,(H,27,28)/t15-,20-/m0/s1. The van der Waals surface area contributed by atoms with E-state index in [-0.39, 0.29) is 17.5 Å². The summed E-state index contributed by atoms with van der Waals surface area (Å²) in [6.07, 6.45) is 6.89. The Bertz CT molecular complexity index is 1020. The second-order valence-corrected chi connectivity index (χ2v) is 8.44. The number of ether oxygens (including phenoxy) is 2. The van der Waals surface area contributed by atoms with Crippen molar-refractivity contribution in [3.8, 4) is 11.3 Å². The fraction of sp³-hybridized carbons (Fsp3) is 0.478. The Hall–Kier alpha value is -2.15. The van der Waals surface area contributed by atoms with Gasteiger partial charge in [0.1, 0.15) is 5.56 Å². The largest absolute Gasteiger partial charge is 0.477 e. The molecule has 6 nitrogen and oxygen atoms in total. The number of carboxylic acid groups (broad SMARTS) is 1. The molecule has 7 heteroatoms. The monoisotopic (exact) mass is 431 g/mol. The maximum absolute atomic E-state index is 12.5. The van der Waals surface area contributed by atoms with Gasteiger partial charge in [-0.1, -0.05) is 36.9 Å². The first-order chi connectivity index (χ1) is 14.5. The first kappa shape index (κ1) is 21.1. The lowest BCUT2D eigenvalue weighted by Crippen LogP contribution is -2.28. The van der Waals surface area contributed by atoms with Crippen molar-refractivity contribution < 1.29 is 19.4 Å². The van der Waals surface area contributed by atoms with Crippen LogP contribution >= 0.6 is 11.6 Å². The van der Waals surface area contributed by atoms with Crippen LogP contribution in [0.15, 0.2) is 29.2 Å². The molecule has 1 aliphatic carbocycles. The van der Waals surface area contributed by atoms with Gasteiger partial charge >= 0.3 is 5.97 Å². The van der Waals surface area contributed by atoms with Crippen molar-refractivity contribution >= 4 is 17.6 Å². The summed E-state index contributed by atoms with van der Waals surface area (Å²) < 4.78 is 12.7. The normalized spacial score (nSPS) is 20.1. The van der Waals surface area contributed by atoms with Crippen molar-refractivity contribution in [3.63, 3.8) is 0 Å². The van der Waals surface area contributed by atoms with Crippen LogP contribution in [0.1, 0.15) is 65.5 Å². The van der Waals surface area contributed by atoms with Crippen LogP contribution in [0, 0.1) is 0 Å². The highest BCUT2D eigenvalue weighted by Gasteiger charge is 2.35. The smallest absolute Gasteiger partial charge is 0.341 e. The Morgan fingerprint density at radius 3 is 2.77 bits per heavy atom. The molecule has 1 fully saturated rings. The molecule has 30 heavy (non-hydrogen) atoms. The summed E-state index contributed by atoms with van der Waals surface area (Å²) in [6.45, 7) is 1.42. The van der Waals surface area contributed by atoms with Crippen LogP contribution in [0.25, 0.3) is 11.3 Å². The van der Waals surface area contributed by atoms with Crippen molar-refractivity contribution in [2.45, 2.75) is 50.7 Å². The molecule has 2 aliphatic rings. The van der Waals surface area contributed by atoms with E-state index in [9.17, 15) is 14.7 Å². The third kappa shape index (κ3) is 3.92. The van der Waals surface area contributed by atoms with Crippen LogP contribution in [-0.4, -0.2) is 36.0 Å². The Balaban J connectivity index is 1.83. The molecule has 2 aromatic rings. The third-order valence-electron chi connectivity index (χ3n) is 6.23. The van der Waals surface area contributed by atoms with Crippen molar-refractivity contribution in [2.75, 3.05) is 20.3 Å². The van der Waals surface area contributed by atoms with Gasteiger partial charge in [-0.2, -0.15) is 0 Å². The Kier molecular flexibility index (Phi) is 6.27. The highest BCUT2D eigenvalue weighted by atomic mass is 35.5. The van der Waals surface area contributed by atoms with Gasteiger partial charge < -0.3 is 19.1 Å². The molecular formula is C23H26ClNO5. The van der Waals surface area contributed by atoms with E-state index in [1.807, 2.05) is 10.6 Å². The molecule has 1 saturated carbocycles. The number of nitrogens with zero attached hydrogens (tertiary/aromatic N) is 1.